The Labute approximate surface area is 250 Å². The number of nitrogens with one attached hydrogen (secondary N) is 2. The quantitative estimate of drug-likeness (QED) is 0.297. The van der Waals surface area contributed by atoms with Gasteiger partial charge in [-0.2, -0.15) is 0 Å². The van der Waals surface area contributed by atoms with Gasteiger partial charge in [-0.1, -0.05) is 24.3 Å². The first kappa shape index (κ1) is 29.2. The summed E-state index contributed by atoms with van der Waals surface area (Å²) in [6, 6.07) is 15.2. The van der Waals surface area contributed by atoms with Gasteiger partial charge in [0.25, 0.3) is 0 Å². The van der Waals surface area contributed by atoms with Crippen molar-refractivity contribution in [2.24, 2.45) is 0 Å². The summed E-state index contributed by atoms with van der Waals surface area (Å²) in [5.41, 5.74) is 6.55. The molecule has 7 rings (SSSR count). The van der Waals surface area contributed by atoms with E-state index >= 15 is 0 Å². The van der Waals surface area contributed by atoms with Gasteiger partial charge in [0, 0.05) is 93.3 Å². The molecule has 2 saturated heterocycles. The summed E-state index contributed by atoms with van der Waals surface area (Å²) in [7, 11) is 0. The van der Waals surface area contributed by atoms with Crippen molar-refractivity contribution in [1.82, 2.24) is 35.0 Å². The van der Waals surface area contributed by atoms with Gasteiger partial charge in [-0.25, -0.2) is 0 Å². The second kappa shape index (κ2) is 15.0. The van der Waals surface area contributed by atoms with Gasteiger partial charge in [0.05, 0.1) is 24.4 Å². The van der Waals surface area contributed by atoms with Gasteiger partial charge < -0.3 is 24.8 Å². The van der Waals surface area contributed by atoms with E-state index in [9.17, 15) is 0 Å². The second-order valence-corrected chi connectivity index (χ2v) is 11.7. The predicted molar refractivity (Wildman–Crippen MR) is 171 cm³/mol. The van der Waals surface area contributed by atoms with E-state index in [2.05, 4.69) is 66.4 Å². The maximum atomic E-state index is 5.53. The van der Waals surface area contributed by atoms with Crippen LogP contribution >= 0.6 is 0 Å². The second-order valence-electron chi connectivity index (χ2n) is 11.7. The molecule has 224 valence electrons. The molecule has 0 atom stereocenters. The van der Waals surface area contributed by atoms with E-state index in [1.54, 1.807) is 0 Å². The summed E-state index contributed by atoms with van der Waals surface area (Å²) in [6.45, 7) is 13.4. The third-order valence-electron chi connectivity index (χ3n) is 8.92. The van der Waals surface area contributed by atoms with E-state index in [4.69, 9.17) is 9.72 Å². The summed E-state index contributed by atoms with van der Waals surface area (Å²) in [5, 5.41) is 9.73. The van der Waals surface area contributed by atoms with Crippen LogP contribution in [0.1, 0.15) is 36.2 Å². The van der Waals surface area contributed by atoms with Crippen molar-refractivity contribution in [2.45, 2.75) is 45.2 Å². The fraction of sp³-hybridized carbons (Fsp3) is 0.529. The molecule has 3 aliphatic rings. The number of nitrogens with zero attached hydrogens (tertiary/aromatic N) is 5. The molecule has 0 saturated carbocycles. The molecule has 5 heterocycles. The molecule has 2 fully saturated rings. The number of aryl methyl sites for hydroxylation is 2. The van der Waals surface area contributed by atoms with E-state index < -0.39 is 0 Å². The summed E-state index contributed by atoms with van der Waals surface area (Å²) in [5.74, 6) is 0. The number of para-hydroxylation sites is 1. The molecule has 1 aromatic carbocycles. The molecule has 0 amide bonds. The zero-order valence-corrected chi connectivity index (χ0v) is 25.1. The van der Waals surface area contributed by atoms with Gasteiger partial charge in [-0.05, 0) is 69.0 Å². The van der Waals surface area contributed by atoms with Crippen LogP contribution in [0, 0.1) is 0 Å². The molecule has 1 aliphatic carbocycles. The fourth-order valence-corrected chi connectivity index (χ4v) is 6.60. The molecule has 0 radical (unpaired) electrons. The topological polar surface area (TPSA) is 70.5 Å². The van der Waals surface area contributed by atoms with Crippen LogP contribution < -0.4 is 10.6 Å². The van der Waals surface area contributed by atoms with Gasteiger partial charge >= 0.3 is 0 Å². The van der Waals surface area contributed by atoms with Crippen LogP contribution in [0.3, 0.4) is 0 Å². The highest BCUT2D eigenvalue weighted by Crippen LogP contribution is 2.30. The maximum absolute atomic E-state index is 5.53. The summed E-state index contributed by atoms with van der Waals surface area (Å²) in [6.07, 6.45) is 10.1. The van der Waals surface area contributed by atoms with E-state index in [-0.39, 0.29) is 0 Å². The molecule has 0 spiro atoms. The van der Waals surface area contributed by atoms with Crippen molar-refractivity contribution in [3.05, 3.63) is 71.8 Å². The number of pyridine rings is 2. The Hall–Kier alpha value is -2.88. The lowest BCUT2D eigenvalue weighted by atomic mass is 9.96. The molecule has 2 aliphatic heterocycles. The molecular formula is C34H47N7O. The minimum Gasteiger partial charge on any atom is -0.379 e. The lowest BCUT2D eigenvalue weighted by molar-refractivity contribution is 0.0366. The highest BCUT2D eigenvalue weighted by molar-refractivity contribution is 6.08. The third kappa shape index (κ3) is 7.36. The molecular weight excluding hydrogens is 522 g/mol. The number of rotatable bonds is 9. The van der Waals surface area contributed by atoms with Crippen molar-refractivity contribution >= 4 is 21.8 Å². The van der Waals surface area contributed by atoms with E-state index in [0.29, 0.717) is 0 Å². The molecule has 2 N–H and O–H groups in total. The van der Waals surface area contributed by atoms with Crippen LogP contribution in [0.25, 0.3) is 21.8 Å². The van der Waals surface area contributed by atoms with E-state index in [1.165, 1.54) is 84.8 Å². The maximum Gasteiger partial charge on any atom is 0.0784 e. The lowest BCUT2D eigenvalue weighted by Crippen LogP contribution is -2.44. The number of morpholine rings is 1. The first-order valence-electron chi connectivity index (χ1n) is 16.1. The number of aromatic nitrogens is 3. The van der Waals surface area contributed by atoms with Crippen LogP contribution in [0.5, 0.6) is 0 Å². The van der Waals surface area contributed by atoms with Crippen LogP contribution in [-0.4, -0.2) is 96.5 Å². The first-order chi connectivity index (χ1) is 20.9. The number of fused-ring (bicyclic) bond motifs is 4. The SMILES string of the molecule is c1ccc2c(c1)c1ccnc(CNCCCN3CCNCC3)c1n2CCN1CCOCC1.c1cnc2c(c1)CCCC2. The molecule has 4 aromatic rings. The van der Waals surface area contributed by atoms with Gasteiger partial charge in [0.1, 0.15) is 0 Å². The molecule has 42 heavy (non-hydrogen) atoms. The monoisotopic (exact) mass is 569 g/mol. The molecule has 3 aromatic heterocycles. The van der Waals surface area contributed by atoms with Crippen molar-refractivity contribution < 1.29 is 4.74 Å². The summed E-state index contributed by atoms with van der Waals surface area (Å²) < 4.78 is 8.02. The van der Waals surface area contributed by atoms with E-state index in [0.717, 1.165) is 71.3 Å². The van der Waals surface area contributed by atoms with Crippen LogP contribution in [-0.2, 0) is 30.7 Å². The van der Waals surface area contributed by atoms with Gasteiger partial charge in [-0.15, -0.1) is 0 Å². The van der Waals surface area contributed by atoms with Gasteiger partial charge in [0.15, 0.2) is 0 Å². The van der Waals surface area contributed by atoms with E-state index in [1.807, 2.05) is 18.5 Å². The summed E-state index contributed by atoms with van der Waals surface area (Å²) in [4.78, 5) is 14.2. The van der Waals surface area contributed by atoms with Crippen molar-refractivity contribution in [1.29, 1.82) is 0 Å². The Balaban J connectivity index is 0.000000265. The molecule has 0 bridgehead atoms. The highest BCUT2D eigenvalue weighted by atomic mass is 16.5. The zero-order valence-electron chi connectivity index (χ0n) is 25.1. The summed E-state index contributed by atoms with van der Waals surface area (Å²) >= 11 is 0. The molecule has 0 unspecified atom stereocenters. The normalized spacial score (nSPS) is 18.1. The van der Waals surface area contributed by atoms with Crippen LogP contribution in [0.15, 0.2) is 54.9 Å². The first-order valence-corrected chi connectivity index (χ1v) is 16.1. The Morgan fingerprint density at radius 2 is 1.62 bits per heavy atom. The number of ether oxygens (including phenoxy) is 1. The number of hydrogen-bond donors (Lipinski definition) is 2. The minimum atomic E-state index is 0.812. The Bertz CT molecular complexity index is 1380. The standard InChI is InChI=1S/C25H36N6O.C9H11N/c1-2-5-24-21(4-1)22-6-8-28-23(20-27-7-3-11-29-12-9-26-10-13-29)25(22)31(24)15-14-30-16-18-32-19-17-30;1-2-6-9-8(4-1)5-3-7-10-9/h1-2,4-6,8,26-27H,3,7,9-20H2;3,5,7H,1-2,4,6H2. The Morgan fingerprint density at radius 3 is 2.50 bits per heavy atom. The number of hydrogen-bond acceptors (Lipinski definition) is 7. The highest BCUT2D eigenvalue weighted by Gasteiger charge is 2.17. The average Bonchev–Trinajstić information content (AvgIpc) is 3.39. The smallest absolute Gasteiger partial charge is 0.0784 e. The molecule has 8 heteroatoms. The van der Waals surface area contributed by atoms with Crippen molar-refractivity contribution in [3.63, 3.8) is 0 Å². The third-order valence-corrected chi connectivity index (χ3v) is 8.92. The van der Waals surface area contributed by atoms with Crippen molar-refractivity contribution in [3.8, 4) is 0 Å². The van der Waals surface area contributed by atoms with Crippen LogP contribution in [0.2, 0.25) is 0 Å². The van der Waals surface area contributed by atoms with Crippen LogP contribution in [0.4, 0.5) is 0 Å². The number of benzene rings is 1. The van der Waals surface area contributed by atoms with Crippen molar-refractivity contribution in [2.75, 3.05) is 72.1 Å². The van der Waals surface area contributed by atoms with Gasteiger partial charge in [-0.3, -0.25) is 14.9 Å². The minimum absolute atomic E-state index is 0.812. The predicted octanol–water partition coefficient (Wildman–Crippen LogP) is 3.87. The molecule has 8 nitrogen and oxygen atoms in total. The number of piperazine rings is 1. The Kier molecular flexibility index (Phi) is 10.4. The zero-order chi connectivity index (χ0) is 28.4. The Morgan fingerprint density at radius 1 is 0.786 bits per heavy atom. The lowest BCUT2D eigenvalue weighted by Gasteiger charge is -2.27. The fourth-order valence-electron chi connectivity index (χ4n) is 6.60. The largest absolute Gasteiger partial charge is 0.379 e. The average molecular weight is 570 g/mol. The van der Waals surface area contributed by atoms with Gasteiger partial charge in [0.2, 0.25) is 0 Å².